The van der Waals surface area contributed by atoms with Gasteiger partial charge in [-0.25, -0.2) is 0 Å². The molecular weight excluding hydrogens is 186 g/mol. The van der Waals surface area contributed by atoms with Gasteiger partial charge in [0, 0.05) is 46.7 Å². The molecule has 0 aliphatic heterocycles. The maximum Gasteiger partial charge on any atom is 0.0379 e. The van der Waals surface area contributed by atoms with Crippen molar-refractivity contribution in [3.8, 4) is 11.1 Å². The summed E-state index contributed by atoms with van der Waals surface area (Å²) >= 11 is 0. The van der Waals surface area contributed by atoms with Crippen LogP contribution in [0.4, 0.5) is 0 Å². The van der Waals surface area contributed by atoms with Gasteiger partial charge in [0.1, 0.15) is 0 Å². The molecule has 3 heteroatoms. The van der Waals surface area contributed by atoms with Crippen molar-refractivity contribution in [3.63, 3.8) is 0 Å². The monoisotopic (exact) mass is 199 g/mol. The van der Waals surface area contributed by atoms with Crippen molar-refractivity contribution < 1.29 is 0 Å². The second kappa shape index (κ2) is 3.69. The lowest BCUT2D eigenvalue weighted by atomic mass is 10.0. The predicted octanol–water partition coefficient (Wildman–Crippen LogP) is 2.77. The van der Waals surface area contributed by atoms with E-state index in [9.17, 15) is 0 Å². The van der Waals surface area contributed by atoms with Crippen molar-refractivity contribution in [2.45, 2.75) is 13.8 Å². The Hall–Kier alpha value is -1.90. The average Bonchev–Trinajstić information content (AvgIpc) is 2.61. The number of aromatic nitrogens is 2. The molecule has 3 nitrogen and oxygen atoms in total. The molecule has 0 radical (unpaired) electrons. The number of hydrogen-bond donors (Lipinski definition) is 2. The van der Waals surface area contributed by atoms with Crippen molar-refractivity contribution >= 4 is 5.71 Å². The molecule has 15 heavy (non-hydrogen) atoms. The van der Waals surface area contributed by atoms with Crippen LogP contribution in [0.3, 0.4) is 0 Å². The minimum absolute atomic E-state index is 0.576. The summed E-state index contributed by atoms with van der Waals surface area (Å²) in [6.45, 7) is 3.78. The van der Waals surface area contributed by atoms with E-state index in [1.54, 1.807) is 13.1 Å². The van der Waals surface area contributed by atoms with E-state index >= 15 is 0 Å². The second-order valence-corrected chi connectivity index (χ2v) is 3.57. The Bertz CT molecular complexity index is 483. The van der Waals surface area contributed by atoms with Crippen molar-refractivity contribution in [2.24, 2.45) is 0 Å². The highest BCUT2D eigenvalue weighted by molar-refractivity contribution is 6.03. The molecule has 2 heterocycles. The third kappa shape index (κ3) is 1.68. The van der Waals surface area contributed by atoms with Crippen molar-refractivity contribution in [1.29, 1.82) is 5.41 Å². The van der Waals surface area contributed by atoms with Gasteiger partial charge in [0.05, 0.1) is 0 Å². The number of nitrogens with zero attached hydrogens (tertiary/aromatic N) is 1. The van der Waals surface area contributed by atoms with Crippen LogP contribution in [0.1, 0.15) is 18.2 Å². The largest absolute Gasteiger partial charge is 0.364 e. The molecule has 0 saturated heterocycles. The molecule has 2 rings (SSSR count). The molecule has 0 aromatic carbocycles. The van der Waals surface area contributed by atoms with E-state index in [1.807, 2.05) is 31.5 Å². The number of hydrogen-bond acceptors (Lipinski definition) is 2. The first kappa shape index (κ1) is 9.65. The van der Waals surface area contributed by atoms with Gasteiger partial charge in [0.2, 0.25) is 0 Å². The highest BCUT2D eigenvalue weighted by atomic mass is 14.7. The lowest BCUT2D eigenvalue weighted by molar-refractivity contribution is 1.25. The zero-order valence-electron chi connectivity index (χ0n) is 8.83. The number of H-pyrrole nitrogens is 1. The molecule has 0 amide bonds. The van der Waals surface area contributed by atoms with Gasteiger partial charge in [0.15, 0.2) is 0 Å². The van der Waals surface area contributed by atoms with Crippen molar-refractivity contribution in [3.05, 3.63) is 42.0 Å². The van der Waals surface area contributed by atoms with E-state index in [0.717, 1.165) is 22.4 Å². The quantitative estimate of drug-likeness (QED) is 0.718. The Labute approximate surface area is 88.7 Å². The molecule has 2 aromatic heterocycles. The molecule has 76 valence electrons. The van der Waals surface area contributed by atoms with Crippen LogP contribution in [0, 0.1) is 12.3 Å². The fourth-order valence-corrected chi connectivity index (χ4v) is 1.76. The minimum Gasteiger partial charge on any atom is -0.364 e. The van der Waals surface area contributed by atoms with Crippen LogP contribution in [0.25, 0.3) is 11.1 Å². The predicted molar refractivity (Wildman–Crippen MR) is 61.3 cm³/mol. The Morgan fingerprint density at radius 3 is 2.87 bits per heavy atom. The van der Waals surface area contributed by atoms with E-state index in [2.05, 4.69) is 9.97 Å². The van der Waals surface area contributed by atoms with E-state index in [-0.39, 0.29) is 0 Å². The van der Waals surface area contributed by atoms with Gasteiger partial charge in [-0.05, 0) is 19.9 Å². The molecule has 0 spiro atoms. The number of aromatic amines is 1. The summed E-state index contributed by atoms with van der Waals surface area (Å²) < 4.78 is 0. The fourth-order valence-electron chi connectivity index (χ4n) is 1.76. The van der Waals surface area contributed by atoms with Crippen molar-refractivity contribution in [2.75, 3.05) is 0 Å². The van der Waals surface area contributed by atoms with Crippen LogP contribution < -0.4 is 0 Å². The van der Waals surface area contributed by atoms with E-state index in [1.165, 1.54) is 0 Å². The van der Waals surface area contributed by atoms with Gasteiger partial charge >= 0.3 is 0 Å². The number of rotatable bonds is 2. The topological polar surface area (TPSA) is 52.5 Å². The average molecular weight is 199 g/mol. The van der Waals surface area contributed by atoms with Gasteiger partial charge in [-0.3, -0.25) is 4.98 Å². The molecule has 0 atom stereocenters. The smallest absolute Gasteiger partial charge is 0.0379 e. The summed E-state index contributed by atoms with van der Waals surface area (Å²) in [7, 11) is 0. The highest BCUT2D eigenvalue weighted by Crippen LogP contribution is 2.25. The highest BCUT2D eigenvalue weighted by Gasteiger charge is 2.11. The van der Waals surface area contributed by atoms with Crippen LogP contribution in [-0.4, -0.2) is 15.7 Å². The van der Waals surface area contributed by atoms with Crippen LogP contribution in [-0.2, 0) is 0 Å². The third-order valence-electron chi connectivity index (χ3n) is 2.42. The van der Waals surface area contributed by atoms with E-state index in [0.29, 0.717) is 5.71 Å². The Morgan fingerprint density at radius 1 is 1.47 bits per heavy atom. The van der Waals surface area contributed by atoms with Gasteiger partial charge in [-0.1, -0.05) is 6.07 Å². The lowest BCUT2D eigenvalue weighted by Gasteiger charge is -2.02. The first-order valence-electron chi connectivity index (χ1n) is 4.84. The standard InChI is InChI=1S/C12H13N3/c1-8(13)12-9(2)15-7-11(12)10-4-3-5-14-6-10/h3-7,13,15H,1-2H3. The second-order valence-electron chi connectivity index (χ2n) is 3.57. The lowest BCUT2D eigenvalue weighted by Crippen LogP contribution is -1.95. The Kier molecular flexibility index (Phi) is 2.37. The zero-order chi connectivity index (χ0) is 10.8. The van der Waals surface area contributed by atoms with Crippen LogP contribution >= 0.6 is 0 Å². The van der Waals surface area contributed by atoms with Gasteiger partial charge in [-0.15, -0.1) is 0 Å². The molecule has 0 aliphatic carbocycles. The molecule has 2 aromatic rings. The van der Waals surface area contributed by atoms with Crippen LogP contribution in [0.5, 0.6) is 0 Å². The molecule has 0 saturated carbocycles. The summed E-state index contributed by atoms with van der Waals surface area (Å²) in [5.41, 5.74) is 4.67. The molecule has 2 N–H and O–H groups in total. The zero-order valence-corrected chi connectivity index (χ0v) is 8.83. The first-order chi connectivity index (χ1) is 7.20. The number of aryl methyl sites for hydroxylation is 1. The maximum atomic E-state index is 7.74. The molecule has 0 fully saturated rings. The third-order valence-corrected chi connectivity index (χ3v) is 2.42. The fraction of sp³-hybridized carbons (Fsp3) is 0.167. The minimum atomic E-state index is 0.576. The van der Waals surface area contributed by atoms with Gasteiger partial charge in [-0.2, -0.15) is 0 Å². The number of pyridine rings is 1. The SMILES string of the molecule is CC(=N)c1c(-c2cccnc2)c[nH]c1C. The summed E-state index contributed by atoms with van der Waals surface area (Å²) in [4.78, 5) is 7.23. The molecule has 0 aliphatic rings. The van der Waals surface area contributed by atoms with Gasteiger partial charge in [0.25, 0.3) is 0 Å². The van der Waals surface area contributed by atoms with Crippen molar-refractivity contribution in [1.82, 2.24) is 9.97 Å². The Balaban J connectivity index is 2.59. The summed E-state index contributed by atoms with van der Waals surface area (Å²) in [6.07, 6.45) is 5.49. The van der Waals surface area contributed by atoms with Crippen LogP contribution in [0.15, 0.2) is 30.7 Å². The molecule has 0 unspecified atom stereocenters. The molecular formula is C12H13N3. The Morgan fingerprint density at radius 2 is 2.27 bits per heavy atom. The number of nitrogens with one attached hydrogen (secondary N) is 2. The summed E-state index contributed by atoms with van der Waals surface area (Å²) in [5.74, 6) is 0. The summed E-state index contributed by atoms with van der Waals surface area (Å²) in [5, 5.41) is 7.74. The maximum absolute atomic E-state index is 7.74. The van der Waals surface area contributed by atoms with E-state index in [4.69, 9.17) is 5.41 Å². The normalized spacial score (nSPS) is 10.3. The summed E-state index contributed by atoms with van der Waals surface area (Å²) in [6, 6.07) is 3.91. The molecule has 0 bridgehead atoms. The van der Waals surface area contributed by atoms with E-state index < -0.39 is 0 Å². The van der Waals surface area contributed by atoms with Gasteiger partial charge < -0.3 is 10.4 Å². The first-order valence-corrected chi connectivity index (χ1v) is 4.84. The van der Waals surface area contributed by atoms with Crippen LogP contribution in [0.2, 0.25) is 0 Å².